The molecule has 0 fully saturated rings. The second kappa shape index (κ2) is 4.37. The van der Waals surface area contributed by atoms with Gasteiger partial charge in [-0.3, -0.25) is 0 Å². The molecule has 1 aliphatic heterocycles. The van der Waals surface area contributed by atoms with Gasteiger partial charge in [0.2, 0.25) is 0 Å². The number of nitrogens with one attached hydrogen (secondary N) is 1. The van der Waals surface area contributed by atoms with Gasteiger partial charge in [0.1, 0.15) is 11.9 Å². The third-order valence-electron chi connectivity index (χ3n) is 3.34. The number of anilines is 1. The topological polar surface area (TPSA) is 21.3 Å². The highest BCUT2D eigenvalue weighted by molar-refractivity contribution is 5.74. The number of hydrogen-bond donors (Lipinski definition) is 1. The van der Waals surface area contributed by atoms with E-state index >= 15 is 0 Å². The van der Waals surface area contributed by atoms with E-state index < -0.39 is 0 Å². The zero-order valence-electron chi connectivity index (χ0n) is 10.7. The minimum Gasteiger partial charge on any atom is -0.487 e. The van der Waals surface area contributed by atoms with Crippen molar-refractivity contribution in [1.82, 2.24) is 0 Å². The molecule has 2 aromatic rings. The summed E-state index contributed by atoms with van der Waals surface area (Å²) in [6.45, 7) is 5.08. The van der Waals surface area contributed by atoms with Crippen LogP contribution in [-0.2, 0) is 0 Å². The van der Waals surface area contributed by atoms with Gasteiger partial charge in [0.15, 0.2) is 0 Å². The molecule has 1 aliphatic rings. The Bertz CT molecular complexity index is 577. The quantitative estimate of drug-likeness (QED) is 0.816. The Morgan fingerprint density at radius 2 is 2.00 bits per heavy atom. The SMILES string of the molecule is Cc1ccccc1-c1ccc2c(c1)NCC(C)O2. The van der Waals surface area contributed by atoms with Crippen LogP contribution in [0.15, 0.2) is 42.5 Å². The third kappa shape index (κ3) is 1.94. The van der Waals surface area contributed by atoms with E-state index in [0.717, 1.165) is 18.0 Å². The number of aryl methyl sites for hydroxylation is 1. The number of hydrogen-bond acceptors (Lipinski definition) is 2. The van der Waals surface area contributed by atoms with Crippen molar-refractivity contribution in [3.8, 4) is 16.9 Å². The molecule has 0 bridgehead atoms. The summed E-state index contributed by atoms with van der Waals surface area (Å²) in [5, 5.41) is 3.42. The predicted molar refractivity (Wildman–Crippen MR) is 75.2 cm³/mol. The Labute approximate surface area is 108 Å². The maximum absolute atomic E-state index is 5.79. The fourth-order valence-electron chi connectivity index (χ4n) is 2.35. The molecule has 2 aromatic carbocycles. The highest BCUT2D eigenvalue weighted by Crippen LogP contribution is 2.34. The maximum atomic E-state index is 5.79. The molecule has 1 unspecified atom stereocenters. The molecule has 2 heteroatoms. The van der Waals surface area contributed by atoms with E-state index in [1.165, 1.54) is 16.7 Å². The molecule has 18 heavy (non-hydrogen) atoms. The van der Waals surface area contributed by atoms with Crippen LogP contribution in [0.25, 0.3) is 11.1 Å². The highest BCUT2D eigenvalue weighted by atomic mass is 16.5. The lowest BCUT2D eigenvalue weighted by atomic mass is 10.00. The Balaban J connectivity index is 2.03. The van der Waals surface area contributed by atoms with Crippen LogP contribution in [0.4, 0.5) is 5.69 Å². The molecule has 92 valence electrons. The monoisotopic (exact) mass is 239 g/mol. The van der Waals surface area contributed by atoms with Crippen molar-refractivity contribution in [2.45, 2.75) is 20.0 Å². The molecular weight excluding hydrogens is 222 g/mol. The normalized spacial score (nSPS) is 17.6. The summed E-state index contributed by atoms with van der Waals surface area (Å²) >= 11 is 0. The molecule has 2 nitrogen and oxygen atoms in total. The van der Waals surface area contributed by atoms with Gasteiger partial charge in [-0.25, -0.2) is 0 Å². The van der Waals surface area contributed by atoms with Crippen LogP contribution in [0.2, 0.25) is 0 Å². The van der Waals surface area contributed by atoms with E-state index in [1.807, 2.05) is 0 Å². The maximum Gasteiger partial charge on any atom is 0.142 e. The first-order chi connectivity index (χ1) is 8.74. The summed E-state index contributed by atoms with van der Waals surface area (Å²) in [5.74, 6) is 0.950. The van der Waals surface area contributed by atoms with E-state index in [0.29, 0.717) is 0 Å². The van der Waals surface area contributed by atoms with Gasteiger partial charge in [0.05, 0.1) is 12.2 Å². The summed E-state index contributed by atoms with van der Waals surface area (Å²) in [6.07, 6.45) is 0.238. The molecule has 1 N–H and O–H groups in total. The fraction of sp³-hybridized carbons (Fsp3) is 0.250. The molecule has 0 aliphatic carbocycles. The van der Waals surface area contributed by atoms with Crippen molar-refractivity contribution in [1.29, 1.82) is 0 Å². The van der Waals surface area contributed by atoms with Crippen molar-refractivity contribution in [3.63, 3.8) is 0 Å². The van der Waals surface area contributed by atoms with Crippen LogP contribution < -0.4 is 10.1 Å². The van der Waals surface area contributed by atoms with Crippen molar-refractivity contribution >= 4 is 5.69 Å². The van der Waals surface area contributed by atoms with Crippen molar-refractivity contribution < 1.29 is 4.74 Å². The molecule has 0 aromatic heterocycles. The molecule has 0 saturated heterocycles. The summed E-state index contributed by atoms with van der Waals surface area (Å²) < 4.78 is 5.79. The first-order valence-corrected chi connectivity index (χ1v) is 6.34. The van der Waals surface area contributed by atoms with Gasteiger partial charge in [-0.15, -0.1) is 0 Å². The molecule has 0 saturated carbocycles. The van der Waals surface area contributed by atoms with Crippen LogP contribution in [0.5, 0.6) is 5.75 Å². The first kappa shape index (κ1) is 11.1. The van der Waals surface area contributed by atoms with E-state index in [-0.39, 0.29) is 6.10 Å². The van der Waals surface area contributed by atoms with Crippen molar-refractivity contribution in [2.75, 3.05) is 11.9 Å². The minimum absolute atomic E-state index is 0.238. The van der Waals surface area contributed by atoms with Gasteiger partial charge in [0, 0.05) is 0 Å². The van der Waals surface area contributed by atoms with Crippen molar-refractivity contribution in [3.05, 3.63) is 48.0 Å². The number of rotatable bonds is 1. The van der Waals surface area contributed by atoms with Gasteiger partial charge in [-0.05, 0) is 42.7 Å². The van der Waals surface area contributed by atoms with Crippen LogP contribution in [0.3, 0.4) is 0 Å². The zero-order chi connectivity index (χ0) is 12.5. The van der Waals surface area contributed by atoms with Gasteiger partial charge in [-0.2, -0.15) is 0 Å². The van der Waals surface area contributed by atoms with Gasteiger partial charge in [0.25, 0.3) is 0 Å². The second-order valence-corrected chi connectivity index (χ2v) is 4.84. The Kier molecular flexibility index (Phi) is 2.71. The Morgan fingerprint density at radius 3 is 2.83 bits per heavy atom. The fourth-order valence-corrected chi connectivity index (χ4v) is 2.35. The van der Waals surface area contributed by atoms with E-state index in [4.69, 9.17) is 4.74 Å². The standard InChI is InChI=1S/C16H17NO/c1-11-5-3-4-6-14(11)13-7-8-16-15(9-13)17-10-12(2)18-16/h3-9,12,17H,10H2,1-2H3. The average molecular weight is 239 g/mol. The summed E-state index contributed by atoms with van der Waals surface area (Å²) in [6, 6.07) is 14.8. The van der Waals surface area contributed by atoms with E-state index in [2.05, 4.69) is 61.6 Å². The first-order valence-electron chi connectivity index (χ1n) is 6.34. The van der Waals surface area contributed by atoms with Gasteiger partial charge >= 0.3 is 0 Å². The van der Waals surface area contributed by atoms with Crippen molar-refractivity contribution in [2.24, 2.45) is 0 Å². The van der Waals surface area contributed by atoms with Crippen LogP contribution in [0, 0.1) is 6.92 Å². The second-order valence-electron chi connectivity index (χ2n) is 4.84. The number of fused-ring (bicyclic) bond motifs is 1. The van der Waals surface area contributed by atoms with E-state index in [9.17, 15) is 0 Å². The smallest absolute Gasteiger partial charge is 0.142 e. The molecule has 0 spiro atoms. The lowest BCUT2D eigenvalue weighted by Gasteiger charge is -2.25. The average Bonchev–Trinajstić information content (AvgIpc) is 2.39. The Morgan fingerprint density at radius 1 is 1.17 bits per heavy atom. The van der Waals surface area contributed by atoms with Gasteiger partial charge < -0.3 is 10.1 Å². The predicted octanol–water partition coefficient (Wildman–Crippen LogP) is 3.85. The van der Waals surface area contributed by atoms with Crippen LogP contribution >= 0.6 is 0 Å². The molecular formula is C16H17NO. The zero-order valence-corrected chi connectivity index (χ0v) is 10.7. The molecule has 0 radical (unpaired) electrons. The molecule has 0 amide bonds. The lowest BCUT2D eigenvalue weighted by molar-refractivity contribution is 0.226. The molecule has 1 heterocycles. The summed E-state index contributed by atoms with van der Waals surface area (Å²) in [4.78, 5) is 0. The minimum atomic E-state index is 0.238. The molecule has 1 atom stereocenters. The number of benzene rings is 2. The van der Waals surface area contributed by atoms with Gasteiger partial charge in [-0.1, -0.05) is 30.3 Å². The summed E-state index contributed by atoms with van der Waals surface area (Å²) in [7, 11) is 0. The Hall–Kier alpha value is -1.96. The third-order valence-corrected chi connectivity index (χ3v) is 3.34. The lowest BCUT2D eigenvalue weighted by Crippen LogP contribution is -2.27. The summed E-state index contributed by atoms with van der Waals surface area (Å²) in [5.41, 5.74) is 4.90. The van der Waals surface area contributed by atoms with E-state index in [1.54, 1.807) is 0 Å². The van der Waals surface area contributed by atoms with Crippen LogP contribution in [0.1, 0.15) is 12.5 Å². The largest absolute Gasteiger partial charge is 0.487 e. The highest BCUT2D eigenvalue weighted by Gasteiger charge is 2.15. The van der Waals surface area contributed by atoms with Crippen LogP contribution in [-0.4, -0.2) is 12.6 Å². The molecule has 3 rings (SSSR count). The number of ether oxygens (including phenoxy) is 1.